The Morgan fingerprint density at radius 2 is 1.76 bits per heavy atom. The van der Waals surface area contributed by atoms with Gasteiger partial charge < -0.3 is 10.8 Å². The van der Waals surface area contributed by atoms with Crippen LogP contribution in [-0.2, 0) is 6.18 Å². The van der Waals surface area contributed by atoms with Crippen molar-refractivity contribution in [2.75, 3.05) is 5.73 Å². The molecule has 1 heterocycles. The summed E-state index contributed by atoms with van der Waals surface area (Å²) in [6.45, 7) is 5.57. The van der Waals surface area contributed by atoms with E-state index >= 15 is 0 Å². The largest absolute Gasteiger partial charge is 0.507 e. The zero-order chi connectivity index (χ0) is 16.2. The lowest BCUT2D eigenvalue weighted by molar-refractivity contribution is -0.137. The molecule has 5 nitrogen and oxygen atoms in total. The van der Waals surface area contributed by atoms with Crippen molar-refractivity contribution in [3.05, 3.63) is 29.5 Å². The molecule has 8 heteroatoms. The van der Waals surface area contributed by atoms with Gasteiger partial charge in [-0.1, -0.05) is 13.8 Å². The van der Waals surface area contributed by atoms with Gasteiger partial charge in [-0.15, -0.1) is 10.2 Å². The van der Waals surface area contributed by atoms with E-state index in [1.807, 2.05) is 13.8 Å². The Morgan fingerprint density at radius 1 is 1.14 bits per heavy atom. The minimum absolute atomic E-state index is 0.0485. The Labute approximate surface area is 119 Å². The molecule has 21 heavy (non-hydrogen) atoms. The van der Waals surface area contributed by atoms with Crippen molar-refractivity contribution in [1.29, 1.82) is 0 Å². The summed E-state index contributed by atoms with van der Waals surface area (Å²) in [5.74, 6) is -0.591. The minimum Gasteiger partial charge on any atom is -0.507 e. The number of phenolic OH excluding ortho intramolecular Hbond substituents is 1. The number of anilines is 1. The average Bonchev–Trinajstić information content (AvgIpc) is 2.41. The van der Waals surface area contributed by atoms with Crippen LogP contribution in [0.3, 0.4) is 0 Å². The summed E-state index contributed by atoms with van der Waals surface area (Å²) in [7, 11) is 0. The molecule has 0 fully saturated rings. The number of benzene rings is 1. The molecule has 1 aromatic heterocycles. The highest BCUT2D eigenvalue weighted by Crippen LogP contribution is 2.36. The molecule has 1 aromatic carbocycles. The number of phenols is 1. The number of aromatic nitrogens is 3. The number of aryl methyl sites for hydroxylation is 1. The topological polar surface area (TPSA) is 84.9 Å². The first kappa shape index (κ1) is 16.7. The molecule has 0 aliphatic carbocycles. The standard InChI is InChI=1S/C11H9F3N4O.C2H6/c1-5-9(17-18-10(15)16-5)7-3-2-6(4-8(7)19)11(12,13)14;1-2/h2-4,19H,1H3,(H2,15,16,18);1-2H3. The highest BCUT2D eigenvalue weighted by Gasteiger charge is 2.31. The van der Waals surface area contributed by atoms with Gasteiger partial charge >= 0.3 is 6.18 Å². The van der Waals surface area contributed by atoms with E-state index < -0.39 is 17.5 Å². The van der Waals surface area contributed by atoms with E-state index in [9.17, 15) is 18.3 Å². The summed E-state index contributed by atoms with van der Waals surface area (Å²) in [5.41, 5.74) is 5.05. The van der Waals surface area contributed by atoms with Crippen molar-refractivity contribution in [3.63, 3.8) is 0 Å². The van der Waals surface area contributed by atoms with Crippen LogP contribution in [0.1, 0.15) is 25.1 Å². The van der Waals surface area contributed by atoms with Crippen molar-refractivity contribution < 1.29 is 18.3 Å². The van der Waals surface area contributed by atoms with Crippen molar-refractivity contribution in [3.8, 4) is 17.0 Å². The van der Waals surface area contributed by atoms with Crippen LogP contribution in [0.15, 0.2) is 18.2 Å². The highest BCUT2D eigenvalue weighted by atomic mass is 19.4. The van der Waals surface area contributed by atoms with Gasteiger partial charge in [0, 0.05) is 5.56 Å². The molecule has 0 aliphatic heterocycles. The monoisotopic (exact) mass is 300 g/mol. The Bertz CT molecular complexity index is 629. The van der Waals surface area contributed by atoms with E-state index in [0.717, 1.165) is 12.1 Å². The van der Waals surface area contributed by atoms with Gasteiger partial charge in [0.1, 0.15) is 11.4 Å². The second-order valence-electron chi connectivity index (χ2n) is 3.83. The molecule has 0 bridgehead atoms. The predicted molar refractivity (Wildman–Crippen MR) is 72.4 cm³/mol. The Morgan fingerprint density at radius 3 is 2.24 bits per heavy atom. The van der Waals surface area contributed by atoms with Crippen LogP contribution in [0.25, 0.3) is 11.3 Å². The average molecular weight is 300 g/mol. The lowest BCUT2D eigenvalue weighted by Crippen LogP contribution is -2.05. The normalized spacial score (nSPS) is 10.8. The number of alkyl halides is 3. The van der Waals surface area contributed by atoms with Gasteiger partial charge in [-0.05, 0) is 25.1 Å². The minimum atomic E-state index is -4.52. The quantitative estimate of drug-likeness (QED) is 0.845. The van der Waals surface area contributed by atoms with E-state index in [0.29, 0.717) is 11.8 Å². The molecule has 3 N–H and O–H groups in total. The molecule has 0 unspecified atom stereocenters. The third kappa shape index (κ3) is 3.80. The number of hydrogen-bond donors (Lipinski definition) is 2. The van der Waals surface area contributed by atoms with E-state index in [1.165, 1.54) is 0 Å². The number of halogens is 3. The van der Waals surface area contributed by atoms with Gasteiger partial charge in [0.05, 0.1) is 11.3 Å². The maximum atomic E-state index is 12.5. The molecule has 0 aliphatic rings. The number of nitrogens with zero attached hydrogens (tertiary/aromatic N) is 3. The number of nitrogens with two attached hydrogens (primary N) is 1. The van der Waals surface area contributed by atoms with E-state index in [1.54, 1.807) is 6.92 Å². The number of rotatable bonds is 1. The van der Waals surface area contributed by atoms with Crippen molar-refractivity contribution in [2.24, 2.45) is 0 Å². The molecule has 2 aromatic rings. The van der Waals surface area contributed by atoms with Crippen LogP contribution < -0.4 is 5.73 Å². The van der Waals surface area contributed by atoms with E-state index in [-0.39, 0.29) is 17.2 Å². The van der Waals surface area contributed by atoms with E-state index in [4.69, 9.17) is 5.73 Å². The Hall–Kier alpha value is -2.38. The summed E-state index contributed by atoms with van der Waals surface area (Å²) in [6, 6.07) is 2.60. The van der Waals surface area contributed by atoms with Crippen molar-refractivity contribution in [2.45, 2.75) is 26.9 Å². The fraction of sp³-hybridized carbons (Fsp3) is 0.308. The lowest BCUT2D eigenvalue weighted by Gasteiger charge is -2.10. The molecular formula is C13H15F3N4O. The molecule has 2 rings (SSSR count). The second-order valence-corrected chi connectivity index (χ2v) is 3.83. The molecular weight excluding hydrogens is 285 g/mol. The molecule has 0 saturated carbocycles. The Kier molecular flexibility index (Phi) is 5.07. The highest BCUT2D eigenvalue weighted by molar-refractivity contribution is 5.69. The van der Waals surface area contributed by atoms with Crippen molar-refractivity contribution >= 4 is 5.95 Å². The zero-order valence-electron chi connectivity index (χ0n) is 11.7. The first-order chi connectivity index (χ1) is 9.79. The van der Waals surface area contributed by atoms with Crippen LogP contribution in [0, 0.1) is 6.92 Å². The summed E-state index contributed by atoms with van der Waals surface area (Å²) in [4.78, 5) is 3.83. The van der Waals surface area contributed by atoms with Crippen LogP contribution in [-0.4, -0.2) is 20.3 Å². The molecule has 0 atom stereocenters. The summed E-state index contributed by atoms with van der Waals surface area (Å²) < 4.78 is 37.4. The van der Waals surface area contributed by atoms with Crippen LogP contribution in [0.4, 0.5) is 19.1 Å². The maximum Gasteiger partial charge on any atom is 0.416 e. The summed E-state index contributed by atoms with van der Waals surface area (Å²) >= 11 is 0. The number of aromatic hydroxyl groups is 1. The number of nitrogen functional groups attached to an aromatic ring is 1. The van der Waals surface area contributed by atoms with Crippen molar-refractivity contribution in [1.82, 2.24) is 15.2 Å². The van der Waals surface area contributed by atoms with Crippen LogP contribution >= 0.6 is 0 Å². The summed E-state index contributed by atoms with van der Waals surface area (Å²) in [5, 5.41) is 16.9. The molecule has 0 spiro atoms. The van der Waals surface area contributed by atoms with Gasteiger partial charge in [-0.25, -0.2) is 4.98 Å². The smallest absolute Gasteiger partial charge is 0.416 e. The molecule has 0 amide bonds. The zero-order valence-corrected chi connectivity index (χ0v) is 11.7. The number of hydrogen-bond acceptors (Lipinski definition) is 5. The molecule has 0 saturated heterocycles. The van der Waals surface area contributed by atoms with Gasteiger partial charge in [0.25, 0.3) is 0 Å². The van der Waals surface area contributed by atoms with Crippen LogP contribution in [0.5, 0.6) is 5.75 Å². The van der Waals surface area contributed by atoms with Gasteiger partial charge in [-0.3, -0.25) is 0 Å². The maximum absolute atomic E-state index is 12.5. The Balaban J connectivity index is 0.00000106. The first-order valence-electron chi connectivity index (χ1n) is 6.16. The third-order valence-electron chi connectivity index (χ3n) is 2.46. The summed E-state index contributed by atoms with van der Waals surface area (Å²) in [6.07, 6.45) is -4.52. The van der Waals surface area contributed by atoms with Gasteiger partial charge in [0.15, 0.2) is 0 Å². The predicted octanol–water partition coefficient (Wildman–Crippen LogP) is 3.18. The lowest BCUT2D eigenvalue weighted by atomic mass is 10.1. The van der Waals surface area contributed by atoms with Gasteiger partial charge in [0.2, 0.25) is 5.95 Å². The molecule has 114 valence electrons. The second kappa shape index (κ2) is 6.38. The van der Waals surface area contributed by atoms with Gasteiger partial charge in [-0.2, -0.15) is 13.2 Å². The SMILES string of the molecule is CC.Cc1nc(N)nnc1-c1ccc(C(F)(F)F)cc1O. The van der Waals surface area contributed by atoms with Crippen LogP contribution in [0.2, 0.25) is 0 Å². The molecule has 0 radical (unpaired) electrons. The first-order valence-corrected chi connectivity index (χ1v) is 6.16. The fourth-order valence-electron chi connectivity index (χ4n) is 1.58. The fourth-order valence-corrected chi connectivity index (χ4v) is 1.58. The van der Waals surface area contributed by atoms with E-state index in [2.05, 4.69) is 15.2 Å². The third-order valence-corrected chi connectivity index (χ3v) is 2.46.